The van der Waals surface area contributed by atoms with Crippen LogP contribution < -0.4 is 10.6 Å². The molecule has 1 amide bonds. The van der Waals surface area contributed by atoms with Gasteiger partial charge in [-0.3, -0.25) is 9.59 Å². The summed E-state index contributed by atoms with van der Waals surface area (Å²) in [5.41, 5.74) is 4.67. The van der Waals surface area contributed by atoms with Crippen LogP contribution in [0.3, 0.4) is 0 Å². The van der Waals surface area contributed by atoms with Crippen LogP contribution in [0.4, 0.5) is 17.2 Å². The van der Waals surface area contributed by atoms with Crippen molar-refractivity contribution in [3.8, 4) is 0 Å². The summed E-state index contributed by atoms with van der Waals surface area (Å²) in [6.07, 6.45) is 0. The van der Waals surface area contributed by atoms with Crippen LogP contribution in [0.15, 0.2) is 48.5 Å². The van der Waals surface area contributed by atoms with Gasteiger partial charge in [-0.05, 0) is 75.2 Å². The number of rotatable bonds is 5. The number of hydrogen-bond donors (Lipinski definition) is 2. The molecule has 0 aliphatic heterocycles. The first-order valence-corrected chi connectivity index (χ1v) is 8.94. The van der Waals surface area contributed by atoms with Crippen molar-refractivity contribution >= 4 is 28.9 Å². The topological polar surface area (TPSA) is 84.0 Å². The number of amides is 1. The second kappa shape index (κ2) is 8.00. The molecule has 0 aliphatic carbocycles. The molecule has 0 spiro atoms. The van der Waals surface area contributed by atoms with Crippen molar-refractivity contribution in [1.82, 2.24) is 9.97 Å². The summed E-state index contributed by atoms with van der Waals surface area (Å²) in [4.78, 5) is 32.6. The van der Waals surface area contributed by atoms with Crippen LogP contribution in [-0.4, -0.2) is 21.7 Å². The van der Waals surface area contributed by atoms with E-state index in [4.69, 9.17) is 0 Å². The fraction of sp³-hybridized carbons (Fsp3) is 0.182. The number of carbonyl (C=O) groups is 2. The van der Waals surface area contributed by atoms with Gasteiger partial charge in [-0.1, -0.05) is 6.07 Å². The summed E-state index contributed by atoms with van der Waals surface area (Å²) < 4.78 is 0. The molecular weight excluding hydrogens is 352 g/mol. The Kier molecular flexibility index (Phi) is 5.49. The number of Topliss-reactive ketones (excluding diaryl/α,β-unsaturated/α-hetero) is 1. The van der Waals surface area contributed by atoms with Crippen LogP contribution in [0.5, 0.6) is 0 Å². The zero-order chi connectivity index (χ0) is 20.3. The number of carbonyl (C=O) groups excluding carboxylic acids is 2. The van der Waals surface area contributed by atoms with E-state index in [2.05, 4.69) is 20.6 Å². The number of hydrogen-bond acceptors (Lipinski definition) is 5. The molecule has 1 aromatic heterocycles. The average Bonchev–Trinajstić information content (AvgIpc) is 2.64. The van der Waals surface area contributed by atoms with Crippen LogP contribution in [-0.2, 0) is 0 Å². The molecule has 6 nitrogen and oxygen atoms in total. The Balaban J connectivity index is 1.79. The highest BCUT2D eigenvalue weighted by Crippen LogP contribution is 2.18. The predicted molar refractivity (Wildman–Crippen MR) is 110 cm³/mol. The van der Waals surface area contributed by atoms with E-state index < -0.39 is 0 Å². The van der Waals surface area contributed by atoms with Gasteiger partial charge in [0.25, 0.3) is 5.91 Å². The van der Waals surface area contributed by atoms with E-state index in [-0.39, 0.29) is 17.4 Å². The number of aromatic nitrogens is 2. The monoisotopic (exact) mass is 374 g/mol. The lowest BCUT2D eigenvalue weighted by molar-refractivity contribution is 0.101. The highest BCUT2D eigenvalue weighted by Gasteiger charge is 2.12. The summed E-state index contributed by atoms with van der Waals surface area (Å²) in [5.74, 6) is 0.697. The Morgan fingerprint density at radius 3 is 2.14 bits per heavy atom. The van der Waals surface area contributed by atoms with Gasteiger partial charge in [-0.25, -0.2) is 9.97 Å². The van der Waals surface area contributed by atoms with Gasteiger partial charge in [-0.2, -0.15) is 0 Å². The largest absolute Gasteiger partial charge is 0.340 e. The Hall–Kier alpha value is -3.54. The van der Waals surface area contributed by atoms with E-state index in [9.17, 15) is 9.59 Å². The molecular formula is C22H22N4O2. The van der Waals surface area contributed by atoms with Gasteiger partial charge >= 0.3 is 0 Å². The van der Waals surface area contributed by atoms with Crippen LogP contribution in [0.1, 0.15) is 44.7 Å². The molecule has 2 N–H and O–H groups in total. The maximum absolute atomic E-state index is 12.6. The Bertz CT molecular complexity index is 1040. The normalized spacial score (nSPS) is 10.4. The van der Waals surface area contributed by atoms with Gasteiger partial charge in [0.15, 0.2) is 5.78 Å². The van der Waals surface area contributed by atoms with E-state index in [1.165, 1.54) is 6.92 Å². The summed E-state index contributed by atoms with van der Waals surface area (Å²) in [6.45, 7) is 7.28. The molecule has 3 aromatic rings. The maximum Gasteiger partial charge on any atom is 0.274 e. The molecule has 0 unspecified atom stereocenters. The van der Waals surface area contributed by atoms with E-state index in [0.717, 1.165) is 22.5 Å². The Labute approximate surface area is 164 Å². The fourth-order valence-corrected chi connectivity index (χ4v) is 2.70. The lowest BCUT2D eigenvalue weighted by Gasteiger charge is -2.10. The predicted octanol–water partition coefficient (Wildman–Crippen LogP) is 4.60. The van der Waals surface area contributed by atoms with Crippen molar-refractivity contribution in [1.29, 1.82) is 0 Å². The molecule has 0 saturated heterocycles. The van der Waals surface area contributed by atoms with E-state index in [1.54, 1.807) is 37.3 Å². The second-order valence-electron chi connectivity index (χ2n) is 6.70. The summed E-state index contributed by atoms with van der Waals surface area (Å²) in [5, 5.41) is 6.01. The first-order chi connectivity index (χ1) is 13.3. The zero-order valence-corrected chi connectivity index (χ0v) is 16.3. The van der Waals surface area contributed by atoms with Gasteiger partial charge < -0.3 is 10.6 Å². The third-order valence-electron chi connectivity index (χ3n) is 4.40. The number of ketones is 1. The van der Waals surface area contributed by atoms with Crippen LogP contribution in [0.2, 0.25) is 0 Å². The minimum absolute atomic E-state index is 0.00901. The molecule has 0 fully saturated rings. The molecule has 28 heavy (non-hydrogen) atoms. The SMILES string of the molecule is CC(=O)c1ccc(Nc2cc(C(=O)Nc3ccc(C)c(C)c3)nc(C)n2)cc1. The summed E-state index contributed by atoms with van der Waals surface area (Å²) in [7, 11) is 0. The van der Waals surface area contributed by atoms with Crippen LogP contribution in [0.25, 0.3) is 0 Å². The molecule has 6 heteroatoms. The van der Waals surface area contributed by atoms with Crippen molar-refractivity contribution in [2.24, 2.45) is 0 Å². The summed E-state index contributed by atoms with van der Waals surface area (Å²) in [6, 6.07) is 14.4. The van der Waals surface area contributed by atoms with Gasteiger partial charge in [0.2, 0.25) is 0 Å². The van der Waals surface area contributed by atoms with Crippen molar-refractivity contribution in [2.75, 3.05) is 10.6 Å². The average molecular weight is 374 g/mol. The third-order valence-corrected chi connectivity index (χ3v) is 4.40. The van der Waals surface area contributed by atoms with Crippen LogP contribution >= 0.6 is 0 Å². The number of aryl methyl sites for hydroxylation is 3. The molecule has 0 saturated carbocycles. The minimum atomic E-state index is -0.302. The molecule has 0 atom stereocenters. The van der Waals surface area contributed by atoms with Gasteiger partial charge in [0, 0.05) is 23.0 Å². The number of anilines is 3. The van der Waals surface area contributed by atoms with Gasteiger partial charge in [0.1, 0.15) is 17.3 Å². The Morgan fingerprint density at radius 1 is 0.821 bits per heavy atom. The molecule has 142 valence electrons. The van der Waals surface area contributed by atoms with E-state index >= 15 is 0 Å². The maximum atomic E-state index is 12.6. The van der Waals surface area contributed by atoms with E-state index in [0.29, 0.717) is 17.2 Å². The van der Waals surface area contributed by atoms with Crippen molar-refractivity contribution in [3.05, 3.63) is 76.7 Å². The first-order valence-electron chi connectivity index (χ1n) is 8.94. The quantitative estimate of drug-likeness (QED) is 0.638. The smallest absolute Gasteiger partial charge is 0.274 e. The van der Waals surface area contributed by atoms with Gasteiger partial charge in [0.05, 0.1) is 0 Å². The molecule has 0 radical (unpaired) electrons. The third kappa shape index (κ3) is 4.59. The zero-order valence-electron chi connectivity index (χ0n) is 16.3. The lowest BCUT2D eigenvalue weighted by atomic mass is 10.1. The Morgan fingerprint density at radius 2 is 1.50 bits per heavy atom. The van der Waals surface area contributed by atoms with Crippen molar-refractivity contribution < 1.29 is 9.59 Å². The van der Waals surface area contributed by atoms with Crippen LogP contribution in [0, 0.1) is 20.8 Å². The standard InChI is InChI=1S/C22H22N4O2/c1-13-5-8-19(11-14(13)2)26-22(28)20-12-21(24-16(4)23-20)25-18-9-6-17(7-10-18)15(3)27/h5-12H,1-4H3,(H,26,28)(H,23,24,25). The van der Waals surface area contributed by atoms with Gasteiger partial charge in [-0.15, -0.1) is 0 Å². The first kappa shape index (κ1) is 19.2. The number of nitrogens with one attached hydrogen (secondary N) is 2. The molecule has 0 aliphatic rings. The van der Waals surface area contributed by atoms with Crippen molar-refractivity contribution in [3.63, 3.8) is 0 Å². The number of nitrogens with zero attached hydrogens (tertiary/aromatic N) is 2. The summed E-state index contributed by atoms with van der Waals surface area (Å²) >= 11 is 0. The van der Waals surface area contributed by atoms with E-state index in [1.807, 2.05) is 32.0 Å². The fourth-order valence-electron chi connectivity index (χ4n) is 2.70. The van der Waals surface area contributed by atoms with Crippen molar-refractivity contribution in [2.45, 2.75) is 27.7 Å². The molecule has 3 rings (SSSR count). The highest BCUT2D eigenvalue weighted by molar-refractivity contribution is 6.03. The lowest BCUT2D eigenvalue weighted by Crippen LogP contribution is -2.15. The highest BCUT2D eigenvalue weighted by atomic mass is 16.2. The number of benzene rings is 2. The minimum Gasteiger partial charge on any atom is -0.340 e. The molecule has 1 heterocycles. The molecule has 0 bridgehead atoms. The molecule has 2 aromatic carbocycles. The second-order valence-corrected chi connectivity index (χ2v) is 6.70.